The molecule has 0 aliphatic heterocycles. The maximum Gasteiger partial charge on any atom is 0.410 e. The topological polar surface area (TPSA) is 67.9 Å². The summed E-state index contributed by atoms with van der Waals surface area (Å²) in [5, 5.41) is 3.44. The van der Waals surface area contributed by atoms with Crippen molar-refractivity contribution in [1.82, 2.24) is 10.2 Å². The molecule has 134 valence electrons. The van der Waals surface area contributed by atoms with Crippen molar-refractivity contribution in [2.75, 3.05) is 26.7 Å². The third-order valence-corrected chi connectivity index (χ3v) is 3.88. The number of nitrogens with one attached hydrogen (secondary N) is 1. The Balaban J connectivity index is 2.29. The highest BCUT2D eigenvalue weighted by molar-refractivity contribution is 5.72. The van der Waals surface area contributed by atoms with Gasteiger partial charge in [0.15, 0.2) is 0 Å². The van der Waals surface area contributed by atoms with E-state index in [1.54, 1.807) is 11.9 Å². The molecule has 0 bridgehead atoms. The lowest BCUT2D eigenvalue weighted by atomic mass is 9.86. The second-order valence-electron chi connectivity index (χ2n) is 7.17. The number of hydrogen-bond acceptors (Lipinski definition) is 5. The van der Waals surface area contributed by atoms with Crippen molar-refractivity contribution in [2.45, 2.75) is 65.0 Å². The fourth-order valence-electron chi connectivity index (χ4n) is 2.72. The number of esters is 1. The van der Waals surface area contributed by atoms with Crippen LogP contribution in [0.5, 0.6) is 0 Å². The predicted octanol–water partition coefficient (Wildman–Crippen LogP) is 2.56. The molecule has 6 nitrogen and oxygen atoms in total. The number of carbonyl (C=O) groups is 2. The van der Waals surface area contributed by atoms with Crippen LogP contribution < -0.4 is 5.32 Å². The first kappa shape index (κ1) is 19.7. The first-order valence-electron chi connectivity index (χ1n) is 8.57. The van der Waals surface area contributed by atoms with Crippen LogP contribution >= 0.6 is 0 Å². The average Bonchev–Trinajstić information content (AvgIpc) is 2.46. The van der Waals surface area contributed by atoms with Gasteiger partial charge in [-0.25, -0.2) is 4.79 Å². The Morgan fingerprint density at radius 2 is 1.96 bits per heavy atom. The normalized spacial score (nSPS) is 21.6. The molecule has 2 atom stereocenters. The molecule has 1 fully saturated rings. The zero-order valence-corrected chi connectivity index (χ0v) is 15.2. The van der Waals surface area contributed by atoms with Crippen molar-refractivity contribution < 1.29 is 19.1 Å². The van der Waals surface area contributed by atoms with Gasteiger partial charge in [0.25, 0.3) is 0 Å². The van der Waals surface area contributed by atoms with Gasteiger partial charge in [-0.2, -0.15) is 0 Å². The van der Waals surface area contributed by atoms with Gasteiger partial charge in [0.05, 0.1) is 12.5 Å². The molecule has 1 amide bonds. The Labute approximate surface area is 139 Å². The lowest BCUT2D eigenvalue weighted by molar-refractivity contribution is -0.149. The van der Waals surface area contributed by atoms with E-state index < -0.39 is 5.60 Å². The van der Waals surface area contributed by atoms with Crippen LogP contribution in [0.2, 0.25) is 0 Å². The Hall–Kier alpha value is -1.30. The van der Waals surface area contributed by atoms with E-state index in [4.69, 9.17) is 9.47 Å². The van der Waals surface area contributed by atoms with E-state index in [2.05, 4.69) is 5.32 Å². The zero-order valence-electron chi connectivity index (χ0n) is 15.2. The summed E-state index contributed by atoms with van der Waals surface area (Å²) < 4.78 is 10.4. The number of amides is 1. The van der Waals surface area contributed by atoms with Gasteiger partial charge >= 0.3 is 12.1 Å². The van der Waals surface area contributed by atoms with Crippen molar-refractivity contribution in [3.8, 4) is 0 Å². The molecular formula is C17H32N2O4. The smallest absolute Gasteiger partial charge is 0.410 e. The molecule has 1 aliphatic rings. The minimum Gasteiger partial charge on any atom is -0.466 e. The van der Waals surface area contributed by atoms with Crippen LogP contribution in [0.3, 0.4) is 0 Å². The van der Waals surface area contributed by atoms with Gasteiger partial charge in [0, 0.05) is 26.2 Å². The maximum atomic E-state index is 11.9. The van der Waals surface area contributed by atoms with E-state index in [0.717, 1.165) is 25.7 Å². The maximum absolute atomic E-state index is 11.9. The number of likely N-dealkylation sites (N-methyl/N-ethyl adjacent to an activating group) is 1. The fourth-order valence-corrected chi connectivity index (χ4v) is 2.72. The van der Waals surface area contributed by atoms with Crippen molar-refractivity contribution in [3.05, 3.63) is 0 Å². The molecule has 0 heterocycles. The third kappa shape index (κ3) is 7.68. The molecule has 2 unspecified atom stereocenters. The second kappa shape index (κ2) is 9.11. The summed E-state index contributed by atoms with van der Waals surface area (Å²) in [4.78, 5) is 25.3. The summed E-state index contributed by atoms with van der Waals surface area (Å²) in [5.41, 5.74) is -0.477. The van der Waals surface area contributed by atoms with E-state index >= 15 is 0 Å². The Bertz CT molecular complexity index is 393. The largest absolute Gasteiger partial charge is 0.466 e. The van der Waals surface area contributed by atoms with Gasteiger partial charge in [-0.3, -0.25) is 4.79 Å². The first-order chi connectivity index (χ1) is 10.7. The fraction of sp³-hybridized carbons (Fsp3) is 0.882. The second-order valence-corrected chi connectivity index (χ2v) is 7.17. The molecule has 0 spiro atoms. The quantitative estimate of drug-likeness (QED) is 0.759. The predicted molar refractivity (Wildman–Crippen MR) is 89.2 cm³/mol. The van der Waals surface area contributed by atoms with E-state index in [1.165, 1.54) is 0 Å². The Morgan fingerprint density at radius 1 is 1.26 bits per heavy atom. The van der Waals surface area contributed by atoms with Crippen molar-refractivity contribution in [2.24, 2.45) is 5.92 Å². The van der Waals surface area contributed by atoms with Gasteiger partial charge < -0.3 is 19.7 Å². The van der Waals surface area contributed by atoms with Gasteiger partial charge in [-0.05, 0) is 47.0 Å². The summed E-state index contributed by atoms with van der Waals surface area (Å²) in [6, 6.07) is 0.310. The lowest BCUT2D eigenvalue weighted by Crippen LogP contribution is -2.42. The minimum atomic E-state index is -0.477. The SMILES string of the molecule is CCOC(=O)C1CCCC(NCCN(C)C(=O)OC(C)(C)C)C1. The molecule has 0 radical (unpaired) electrons. The summed E-state index contributed by atoms with van der Waals surface area (Å²) in [7, 11) is 1.73. The number of ether oxygens (including phenoxy) is 2. The number of carbonyl (C=O) groups excluding carboxylic acids is 2. The third-order valence-electron chi connectivity index (χ3n) is 3.88. The van der Waals surface area contributed by atoms with Gasteiger partial charge in [-0.15, -0.1) is 0 Å². The molecule has 6 heteroatoms. The van der Waals surface area contributed by atoms with Crippen LogP contribution in [0.25, 0.3) is 0 Å². The molecule has 0 aromatic heterocycles. The van der Waals surface area contributed by atoms with Crippen LogP contribution in [-0.4, -0.2) is 55.3 Å². The Morgan fingerprint density at radius 3 is 2.57 bits per heavy atom. The zero-order chi connectivity index (χ0) is 17.5. The van der Waals surface area contributed by atoms with Gasteiger partial charge in [0.1, 0.15) is 5.60 Å². The van der Waals surface area contributed by atoms with Crippen LogP contribution in [-0.2, 0) is 14.3 Å². The highest BCUT2D eigenvalue weighted by Crippen LogP contribution is 2.25. The molecule has 23 heavy (non-hydrogen) atoms. The van der Waals surface area contributed by atoms with E-state index in [1.807, 2.05) is 27.7 Å². The first-order valence-corrected chi connectivity index (χ1v) is 8.57. The Kier molecular flexibility index (Phi) is 7.82. The van der Waals surface area contributed by atoms with Gasteiger partial charge in [0.2, 0.25) is 0 Å². The van der Waals surface area contributed by atoms with Crippen LogP contribution in [0.1, 0.15) is 53.4 Å². The number of hydrogen-bond donors (Lipinski definition) is 1. The molecule has 1 saturated carbocycles. The molecule has 0 aromatic carbocycles. The van der Waals surface area contributed by atoms with Gasteiger partial charge in [-0.1, -0.05) is 6.42 Å². The van der Waals surface area contributed by atoms with Crippen molar-refractivity contribution in [1.29, 1.82) is 0 Å². The summed E-state index contributed by atoms with van der Waals surface area (Å²) in [6.45, 7) is 9.11. The molecule has 0 saturated heterocycles. The van der Waals surface area contributed by atoms with E-state index in [-0.39, 0.29) is 18.0 Å². The monoisotopic (exact) mass is 328 g/mol. The van der Waals surface area contributed by atoms with E-state index in [9.17, 15) is 9.59 Å². The number of nitrogens with zero attached hydrogens (tertiary/aromatic N) is 1. The highest BCUT2D eigenvalue weighted by atomic mass is 16.6. The molecule has 0 aromatic rings. The van der Waals surface area contributed by atoms with Crippen LogP contribution in [0.4, 0.5) is 4.79 Å². The average molecular weight is 328 g/mol. The summed E-state index contributed by atoms with van der Waals surface area (Å²) >= 11 is 0. The molecular weight excluding hydrogens is 296 g/mol. The lowest BCUT2D eigenvalue weighted by Gasteiger charge is -2.29. The number of rotatable bonds is 6. The standard InChI is InChI=1S/C17H32N2O4/c1-6-22-15(20)13-8-7-9-14(12-13)18-10-11-19(5)16(21)23-17(2,3)4/h13-14,18H,6-12H2,1-5H3. The van der Waals surface area contributed by atoms with Crippen LogP contribution in [0.15, 0.2) is 0 Å². The molecule has 1 rings (SSSR count). The summed E-state index contributed by atoms with van der Waals surface area (Å²) in [5.74, 6) is -0.0744. The van der Waals surface area contributed by atoms with E-state index in [0.29, 0.717) is 25.7 Å². The summed E-state index contributed by atoms with van der Waals surface area (Å²) in [6.07, 6.45) is 3.51. The highest BCUT2D eigenvalue weighted by Gasteiger charge is 2.28. The molecule has 1 N–H and O–H groups in total. The molecule has 1 aliphatic carbocycles. The van der Waals surface area contributed by atoms with Crippen molar-refractivity contribution >= 4 is 12.1 Å². The van der Waals surface area contributed by atoms with Crippen molar-refractivity contribution in [3.63, 3.8) is 0 Å². The van der Waals surface area contributed by atoms with Crippen LogP contribution in [0, 0.1) is 5.92 Å². The minimum absolute atomic E-state index is 0.00443.